The van der Waals surface area contributed by atoms with E-state index >= 15 is 0 Å². The predicted octanol–water partition coefficient (Wildman–Crippen LogP) is 2.32. The van der Waals surface area contributed by atoms with Gasteiger partial charge in [-0.3, -0.25) is 14.2 Å². The van der Waals surface area contributed by atoms with E-state index in [1.165, 1.54) is 28.3 Å². The average Bonchev–Trinajstić information content (AvgIpc) is 3.13. The summed E-state index contributed by atoms with van der Waals surface area (Å²) in [4.78, 5) is 35.6. The highest BCUT2D eigenvalue weighted by atomic mass is 32.2. The topological polar surface area (TPSA) is 80.1 Å². The lowest BCUT2D eigenvalue weighted by Crippen LogP contribution is -2.32. The zero-order valence-electron chi connectivity index (χ0n) is 14.5. The third kappa shape index (κ3) is 3.85. The molecule has 0 atom stereocenters. The molecule has 1 aliphatic heterocycles. The summed E-state index contributed by atoms with van der Waals surface area (Å²) in [7, 11) is 0. The molecule has 2 aromatic heterocycles. The Morgan fingerprint density at radius 1 is 1.21 bits per heavy atom. The molecule has 0 spiro atoms. The van der Waals surface area contributed by atoms with Crippen LogP contribution in [0.1, 0.15) is 0 Å². The minimum Gasteiger partial charge on any atom is -0.346 e. The monoisotopic (exact) mass is 423 g/mol. The van der Waals surface area contributed by atoms with E-state index < -0.39 is 17.5 Å². The van der Waals surface area contributed by atoms with Crippen LogP contribution in [0, 0.1) is 11.6 Å². The number of thiazole rings is 1. The van der Waals surface area contributed by atoms with Gasteiger partial charge in [0.05, 0.1) is 0 Å². The Morgan fingerprint density at radius 3 is 2.75 bits per heavy atom. The number of nitrogens with one attached hydrogen (secondary N) is 1. The van der Waals surface area contributed by atoms with Crippen LogP contribution in [-0.2, 0) is 11.3 Å². The van der Waals surface area contributed by atoms with Gasteiger partial charge in [-0.05, 0) is 12.1 Å². The van der Waals surface area contributed by atoms with E-state index in [0.29, 0.717) is 10.3 Å². The Labute approximate surface area is 166 Å². The number of benzene rings is 1. The molecule has 0 saturated carbocycles. The summed E-state index contributed by atoms with van der Waals surface area (Å²) >= 11 is 3.15. The lowest BCUT2D eigenvalue weighted by Gasteiger charge is -2.25. The third-order valence-corrected chi connectivity index (χ3v) is 6.21. The predicted molar refractivity (Wildman–Crippen MR) is 106 cm³/mol. The molecule has 3 heterocycles. The number of hydrogen-bond donors (Lipinski definition) is 1. The summed E-state index contributed by atoms with van der Waals surface area (Å²) in [6, 6.07) is 3.04. The molecular formula is C17H15F2N5O2S2. The standard InChI is InChI=1S/C17H15F2N5O2S2/c18-11-2-1-10(7-12(11)19)21-13(25)8-24-9-20-15-14(16(24)26)28-17(22-15)23-3-5-27-6-4-23/h1-2,7,9H,3-6,8H2,(H,21,25). The van der Waals surface area contributed by atoms with Gasteiger partial charge in [0.2, 0.25) is 5.91 Å². The molecular weight excluding hydrogens is 408 g/mol. The second-order valence-corrected chi connectivity index (χ2v) is 8.31. The summed E-state index contributed by atoms with van der Waals surface area (Å²) in [6.07, 6.45) is 1.27. The molecule has 1 saturated heterocycles. The van der Waals surface area contributed by atoms with E-state index in [4.69, 9.17) is 0 Å². The minimum absolute atomic E-state index is 0.106. The van der Waals surface area contributed by atoms with E-state index in [9.17, 15) is 18.4 Å². The lowest BCUT2D eigenvalue weighted by molar-refractivity contribution is -0.116. The summed E-state index contributed by atoms with van der Waals surface area (Å²) in [5.41, 5.74) is 0.107. The van der Waals surface area contributed by atoms with Gasteiger partial charge in [0.1, 0.15) is 17.6 Å². The van der Waals surface area contributed by atoms with Crippen LogP contribution in [0.15, 0.2) is 29.3 Å². The van der Waals surface area contributed by atoms with E-state index in [1.807, 2.05) is 11.8 Å². The molecule has 1 fully saturated rings. The SMILES string of the molecule is O=C(Cn1cnc2nc(N3CCSCC3)sc2c1=O)Nc1ccc(F)c(F)c1. The molecule has 0 unspecified atom stereocenters. The Balaban J connectivity index is 1.53. The van der Waals surface area contributed by atoms with E-state index in [0.717, 1.165) is 41.9 Å². The number of carbonyl (C=O) groups is 1. The Hall–Kier alpha value is -2.53. The maximum Gasteiger partial charge on any atom is 0.273 e. The number of hydrogen-bond acceptors (Lipinski definition) is 7. The molecule has 28 heavy (non-hydrogen) atoms. The van der Waals surface area contributed by atoms with Gasteiger partial charge in [-0.1, -0.05) is 11.3 Å². The van der Waals surface area contributed by atoms with Gasteiger partial charge in [0.15, 0.2) is 22.4 Å². The summed E-state index contributed by atoms with van der Waals surface area (Å²) in [6.45, 7) is 1.44. The second-order valence-electron chi connectivity index (χ2n) is 6.10. The van der Waals surface area contributed by atoms with Crippen LogP contribution in [-0.4, -0.2) is 45.0 Å². The van der Waals surface area contributed by atoms with Crippen LogP contribution in [0.4, 0.5) is 19.6 Å². The molecule has 1 aliphatic rings. The van der Waals surface area contributed by atoms with Gasteiger partial charge in [-0.15, -0.1) is 0 Å². The van der Waals surface area contributed by atoms with Crippen molar-refractivity contribution in [3.8, 4) is 0 Å². The van der Waals surface area contributed by atoms with Crippen molar-refractivity contribution in [2.24, 2.45) is 0 Å². The quantitative estimate of drug-likeness (QED) is 0.694. The zero-order valence-corrected chi connectivity index (χ0v) is 16.2. The number of rotatable bonds is 4. The maximum absolute atomic E-state index is 13.2. The van der Waals surface area contributed by atoms with Crippen molar-refractivity contribution in [3.05, 3.63) is 46.5 Å². The first-order valence-electron chi connectivity index (χ1n) is 8.45. The van der Waals surface area contributed by atoms with Gasteiger partial charge in [-0.2, -0.15) is 16.7 Å². The molecule has 146 valence electrons. The van der Waals surface area contributed by atoms with Crippen LogP contribution < -0.4 is 15.8 Å². The van der Waals surface area contributed by atoms with Crippen LogP contribution in [0.25, 0.3) is 10.3 Å². The van der Waals surface area contributed by atoms with Crippen LogP contribution in [0.3, 0.4) is 0 Å². The Kier molecular flexibility index (Phi) is 5.27. The van der Waals surface area contributed by atoms with Gasteiger partial charge in [0, 0.05) is 36.3 Å². The molecule has 3 aromatic rings. The number of anilines is 2. The highest BCUT2D eigenvalue weighted by Gasteiger charge is 2.18. The molecule has 11 heteroatoms. The van der Waals surface area contributed by atoms with Gasteiger partial charge in [0.25, 0.3) is 5.56 Å². The fourth-order valence-corrected chi connectivity index (χ4v) is 4.69. The molecule has 7 nitrogen and oxygen atoms in total. The Bertz CT molecular complexity index is 1090. The second kappa shape index (κ2) is 7.84. The molecule has 0 bridgehead atoms. The number of fused-ring (bicyclic) bond motifs is 1. The Morgan fingerprint density at radius 2 is 2.00 bits per heavy atom. The van der Waals surface area contributed by atoms with Crippen LogP contribution in [0.5, 0.6) is 0 Å². The van der Waals surface area contributed by atoms with Crippen LogP contribution >= 0.6 is 23.1 Å². The molecule has 4 rings (SSSR count). The molecule has 0 radical (unpaired) electrons. The van der Waals surface area contributed by atoms with Crippen LogP contribution in [0.2, 0.25) is 0 Å². The van der Waals surface area contributed by atoms with E-state index in [-0.39, 0.29) is 17.8 Å². The molecule has 1 amide bonds. The molecule has 1 N–H and O–H groups in total. The number of thioether (sulfide) groups is 1. The largest absolute Gasteiger partial charge is 0.346 e. The van der Waals surface area contributed by atoms with Crippen molar-refractivity contribution >= 4 is 50.2 Å². The zero-order chi connectivity index (χ0) is 19.7. The van der Waals surface area contributed by atoms with E-state index in [1.54, 1.807) is 0 Å². The first kappa shape index (κ1) is 18.8. The highest BCUT2D eigenvalue weighted by Crippen LogP contribution is 2.27. The first-order valence-corrected chi connectivity index (χ1v) is 10.4. The number of halogens is 2. The van der Waals surface area contributed by atoms with Crippen molar-refractivity contribution in [2.45, 2.75) is 6.54 Å². The number of aromatic nitrogens is 3. The average molecular weight is 423 g/mol. The van der Waals surface area contributed by atoms with Crippen molar-refractivity contribution in [1.82, 2.24) is 14.5 Å². The fraction of sp³-hybridized carbons (Fsp3) is 0.294. The van der Waals surface area contributed by atoms with Crippen molar-refractivity contribution in [1.29, 1.82) is 0 Å². The number of amides is 1. The maximum atomic E-state index is 13.2. The minimum atomic E-state index is -1.06. The fourth-order valence-electron chi connectivity index (χ4n) is 2.77. The summed E-state index contributed by atoms with van der Waals surface area (Å²) in [5.74, 6) is -0.592. The first-order chi connectivity index (χ1) is 13.5. The third-order valence-electron chi connectivity index (χ3n) is 4.17. The number of nitrogens with zero attached hydrogens (tertiary/aromatic N) is 4. The van der Waals surface area contributed by atoms with E-state index in [2.05, 4.69) is 20.2 Å². The summed E-state index contributed by atoms with van der Waals surface area (Å²) < 4.78 is 27.8. The van der Waals surface area contributed by atoms with Crippen molar-refractivity contribution in [2.75, 3.05) is 34.8 Å². The number of carbonyl (C=O) groups excluding carboxylic acids is 1. The molecule has 1 aromatic carbocycles. The lowest BCUT2D eigenvalue weighted by atomic mass is 10.3. The smallest absolute Gasteiger partial charge is 0.273 e. The van der Waals surface area contributed by atoms with Gasteiger partial charge < -0.3 is 10.2 Å². The molecule has 0 aliphatic carbocycles. The normalized spacial score (nSPS) is 14.4. The summed E-state index contributed by atoms with van der Waals surface area (Å²) in [5, 5.41) is 3.19. The van der Waals surface area contributed by atoms with Gasteiger partial charge in [-0.25, -0.2) is 13.8 Å². The van der Waals surface area contributed by atoms with Gasteiger partial charge >= 0.3 is 0 Å². The van der Waals surface area contributed by atoms with Crippen molar-refractivity contribution < 1.29 is 13.6 Å². The van der Waals surface area contributed by atoms with Crippen molar-refractivity contribution in [3.63, 3.8) is 0 Å². The highest BCUT2D eigenvalue weighted by molar-refractivity contribution is 7.99.